The number of alkyl halides is 3. The van der Waals surface area contributed by atoms with Gasteiger partial charge in [-0.3, -0.25) is 0 Å². The maximum Gasteiger partial charge on any atom is 0.416 e. The lowest BCUT2D eigenvalue weighted by Gasteiger charge is -2.16. The van der Waals surface area contributed by atoms with E-state index in [9.17, 15) is 13.2 Å². The van der Waals surface area contributed by atoms with E-state index < -0.39 is 11.7 Å². The Balaban J connectivity index is 2.82. The Kier molecular flexibility index (Phi) is 5.54. The van der Waals surface area contributed by atoms with E-state index >= 15 is 0 Å². The molecule has 0 aromatic heterocycles. The number of benzene rings is 2. The molecule has 9 heteroatoms. The summed E-state index contributed by atoms with van der Waals surface area (Å²) in [5.74, 6) is -0.0239. The van der Waals surface area contributed by atoms with Gasteiger partial charge in [0.2, 0.25) is 0 Å². The monoisotopic (exact) mass is 422 g/mol. The fourth-order valence-electron chi connectivity index (χ4n) is 1.88. The maximum atomic E-state index is 13.0. The Labute approximate surface area is 154 Å². The lowest BCUT2D eigenvalue weighted by atomic mass is 10.0. The fraction of sp³-hybridized carbons (Fsp3) is 0.143. The van der Waals surface area contributed by atoms with E-state index in [1.807, 2.05) is 0 Å². The minimum atomic E-state index is -4.58. The molecule has 2 aromatic rings. The van der Waals surface area contributed by atoms with Crippen LogP contribution in [0.1, 0.15) is 5.56 Å². The molecule has 124 valence electrons. The second-order valence-electron chi connectivity index (χ2n) is 4.39. The van der Waals surface area contributed by atoms with E-state index in [-0.39, 0.29) is 42.0 Å². The van der Waals surface area contributed by atoms with Crippen molar-refractivity contribution in [1.29, 1.82) is 0 Å². The van der Waals surface area contributed by atoms with Gasteiger partial charge in [0, 0.05) is 5.56 Å². The van der Waals surface area contributed by atoms with E-state index in [2.05, 4.69) is 0 Å². The van der Waals surface area contributed by atoms with Crippen molar-refractivity contribution in [3.05, 3.63) is 48.9 Å². The zero-order chi connectivity index (χ0) is 17.5. The third-order valence-electron chi connectivity index (χ3n) is 2.97. The van der Waals surface area contributed by atoms with Gasteiger partial charge in [0.05, 0.1) is 37.8 Å². The fourth-order valence-corrected chi connectivity index (χ4v) is 3.24. The Hall–Kier alpha value is -0.520. The van der Waals surface area contributed by atoms with Gasteiger partial charge in [-0.25, -0.2) is 0 Å². The molecular weight excluding hydrogens is 418 g/mol. The molecule has 0 saturated carbocycles. The standard InChI is InChI=1S/C14H6Cl5F3O/c1-23-7-3-5(2-6(4-7)14(20,21)22)8-9(15)11(17)13(19)12(18)10(8)16/h2-4H,1H3. The van der Waals surface area contributed by atoms with E-state index in [4.69, 9.17) is 62.7 Å². The van der Waals surface area contributed by atoms with E-state index in [0.29, 0.717) is 0 Å². The Morgan fingerprint density at radius 3 is 1.70 bits per heavy atom. The first-order valence-corrected chi connectivity index (χ1v) is 7.75. The number of hydrogen-bond acceptors (Lipinski definition) is 1. The summed E-state index contributed by atoms with van der Waals surface area (Å²) in [5.41, 5.74) is -0.842. The first kappa shape index (κ1) is 18.8. The number of methoxy groups -OCH3 is 1. The molecule has 0 atom stereocenters. The summed E-state index contributed by atoms with van der Waals surface area (Å²) in [7, 11) is 1.24. The molecule has 0 aliphatic rings. The summed E-state index contributed by atoms with van der Waals surface area (Å²) in [4.78, 5) is 0. The van der Waals surface area contributed by atoms with Crippen molar-refractivity contribution in [2.24, 2.45) is 0 Å². The molecular formula is C14H6Cl5F3O. The van der Waals surface area contributed by atoms with Crippen LogP contribution in [0.3, 0.4) is 0 Å². The summed E-state index contributed by atoms with van der Waals surface area (Å²) < 4.78 is 44.0. The van der Waals surface area contributed by atoms with Crippen molar-refractivity contribution in [3.63, 3.8) is 0 Å². The largest absolute Gasteiger partial charge is 0.497 e. The molecule has 1 nitrogen and oxygen atoms in total. The summed E-state index contributed by atoms with van der Waals surface area (Å²) >= 11 is 30.0. The lowest BCUT2D eigenvalue weighted by Crippen LogP contribution is -2.05. The van der Waals surface area contributed by atoms with Crippen molar-refractivity contribution in [1.82, 2.24) is 0 Å². The number of rotatable bonds is 2. The molecule has 0 saturated heterocycles. The minimum Gasteiger partial charge on any atom is -0.497 e. The van der Waals surface area contributed by atoms with E-state index in [1.165, 1.54) is 13.2 Å². The Bertz CT molecular complexity index is 745. The molecule has 2 aromatic carbocycles. The van der Waals surface area contributed by atoms with Crippen LogP contribution in [0.5, 0.6) is 5.75 Å². The zero-order valence-electron chi connectivity index (χ0n) is 11.2. The molecule has 0 heterocycles. The Morgan fingerprint density at radius 2 is 1.26 bits per heavy atom. The van der Waals surface area contributed by atoms with Crippen molar-refractivity contribution in [3.8, 4) is 16.9 Å². The predicted octanol–water partition coefficient (Wildman–Crippen LogP) is 7.65. The molecule has 0 fully saturated rings. The molecule has 0 unspecified atom stereocenters. The highest BCUT2D eigenvalue weighted by Gasteiger charge is 2.32. The van der Waals surface area contributed by atoms with E-state index in [1.54, 1.807) is 0 Å². The third-order valence-corrected chi connectivity index (χ3v) is 5.24. The van der Waals surface area contributed by atoms with Crippen LogP contribution in [0.25, 0.3) is 11.1 Å². The first-order chi connectivity index (χ1) is 10.6. The van der Waals surface area contributed by atoms with Crippen LogP contribution in [-0.4, -0.2) is 7.11 Å². The van der Waals surface area contributed by atoms with Crippen LogP contribution in [0, 0.1) is 0 Å². The van der Waals surface area contributed by atoms with Gasteiger partial charge in [0.15, 0.2) is 0 Å². The zero-order valence-corrected chi connectivity index (χ0v) is 14.9. The van der Waals surface area contributed by atoms with Crippen LogP contribution >= 0.6 is 58.0 Å². The van der Waals surface area contributed by atoms with Gasteiger partial charge >= 0.3 is 6.18 Å². The molecule has 0 radical (unpaired) electrons. The summed E-state index contributed by atoms with van der Waals surface area (Å²) in [5, 5.41) is -0.492. The van der Waals surface area contributed by atoms with Crippen LogP contribution in [0.15, 0.2) is 18.2 Å². The smallest absolute Gasteiger partial charge is 0.416 e. The average molecular weight is 424 g/mol. The third kappa shape index (κ3) is 3.62. The Morgan fingerprint density at radius 1 is 0.783 bits per heavy atom. The number of hydrogen-bond donors (Lipinski definition) is 0. The lowest BCUT2D eigenvalue weighted by molar-refractivity contribution is -0.137. The highest BCUT2D eigenvalue weighted by atomic mass is 35.5. The summed E-state index contributed by atoms with van der Waals surface area (Å²) in [6.45, 7) is 0. The van der Waals surface area contributed by atoms with Gasteiger partial charge in [-0.1, -0.05) is 58.0 Å². The van der Waals surface area contributed by atoms with E-state index in [0.717, 1.165) is 12.1 Å². The predicted molar refractivity (Wildman–Crippen MR) is 88.5 cm³/mol. The molecule has 0 bridgehead atoms. The summed E-state index contributed by atoms with van der Waals surface area (Å²) in [6, 6.07) is 3.06. The van der Waals surface area contributed by atoms with Gasteiger partial charge < -0.3 is 4.74 Å². The summed E-state index contributed by atoms with van der Waals surface area (Å²) in [6.07, 6.45) is -4.58. The second kappa shape index (κ2) is 6.77. The van der Waals surface area contributed by atoms with Crippen molar-refractivity contribution in [2.45, 2.75) is 6.18 Å². The van der Waals surface area contributed by atoms with Gasteiger partial charge in [0.25, 0.3) is 0 Å². The van der Waals surface area contributed by atoms with Crippen molar-refractivity contribution < 1.29 is 17.9 Å². The SMILES string of the molecule is COc1cc(-c2c(Cl)c(Cl)c(Cl)c(Cl)c2Cl)cc(C(F)(F)F)c1. The van der Waals surface area contributed by atoms with Gasteiger partial charge in [-0.2, -0.15) is 13.2 Å². The average Bonchev–Trinajstić information content (AvgIpc) is 2.50. The van der Waals surface area contributed by atoms with Gasteiger partial charge in [-0.05, 0) is 23.8 Å². The van der Waals surface area contributed by atoms with Crippen LogP contribution < -0.4 is 4.74 Å². The minimum absolute atomic E-state index is 0.0239. The van der Waals surface area contributed by atoms with Gasteiger partial charge in [0.1, 0.15) is 5.75 Å². The number of ether oxygens (including phenoxy) is 1. The van der Waals surface area contributed by atoms with Crippen LogP contribution in [0.2, 0.25) is 25.1 Å². The molecule has 0 N–H and O–H groups in total. The van der Waals surface area contributed by atoms with Crippen LogP contribution in [-0.2, 0) is 6.18 Å². The normalized spacial score (nSPS) is 11.7. The van der Waals surface area contributed by atoms with Gasteiger partial charge in [-0.15, -0.1) is 0 Å². The second-order valence-corrected chi connectivity index (χ2v) is 6.28. The highest BCUT2D eigenvalue weighted by molar-refractivity contribution is 6.56. The maximum absolute atomic E-state index is 13.0. The molecule has 0 aliphatic carbocycles. The van der Waals surface area contributed by atoms with Crippen molar-refractivity contribution >= 4 is 58.0 Å². The molecule has 0 spiro atoms. The quantitative estimate of drug-likeness (QED) is 0.355. The first-order valence-electron chi connectivity index (χ1n) is 5.86. The number of halogens is 8. The molecule has 2 rings (SSSR count). The van der Waals surface area contributed by atoms with Crippen molar-refractivity contribution in [2.75, 3.05) is 7.11 Å². The molecule has 0 amide bonds. The molecule has 23 heavy (non-hydrogen) atoms. The van der Waals surface area contributed by atoms with Crippen LogP contribution in [0.4, 0.5) is 13.2 Å². The topological polar surface area (TPSA) is 9.23 Å². The molecule has 0 aliphatic heterocycles. The highest BCUT2D eigenvalue weighted by Crippen LogP contribution is 2.49.